The van der Waals surface area contributed by atoms with Gasteiger partial charge in [-0.25, -0.2) is 4.68 Å². The second kappa shape index (κ2) is 6.50. The van der Waals surface area contributed by atoms with Crippen molar-refractivity contribution in [2.24, 2.45) is 0 Å². The van der Waals surface area contributed by atoms with Crippen molar-refractivity contribution < 1.29 is 0 Å². The van der Waals surface area contributed by atoms with Crippen LogP contribution in [-0.4, -0.2) is 21.5 Å². The monoisotopic (exact) mass is 336 g/mol. The highest BCUT2D eigenvalue weighted by molar-refractivity contribution is 9.10. The van der Waals surface area contributed by atoms with Gasteiger partial charge < -0.3 is 5.32 Å². The van der Waals surface area contributed by atoms with E-state index in [2.05, 4.69) is 71.4 Å². The molecule has 0 aliphatic carbocycles. The van der Waals surface area contributed by atoms with Gasteiger partial charge in [0.05, 0.1) is 17.4 Å². The van der Waals surface area contributed by atoms with Crippen LogP contribution in [0.5, 0.6) is 0 Å². The number of nitrogens with zero attached hydrogens (tertiary/aromatic N) is 3. The second-order valence-electron chi connectivity index (χ2n) is 5.08. The summed E-state index contributed by atoms with van der Waals surface area (Å²) in [5.41, 5.74) is 4.35. The fourth-order valence-electron chi connectivity index (χ4n) is 2.24. The minimum Gasteiger partial charge on any atom is -0.309 e. The van der Waals surface area contributed by atoms with E-state index >= 15 is 0 Å². The van der Waals surface area contributed by atoms with Crippen LogP contribution in [0.3, 0.4) is 0 Å². The molecule has 5 heteroatoms. The van der Waals surface area contributed by atoms with Crippen LogP contribution in [0, 0.1) is 13.8 Å². The molecule has 108 valence electrons. The molecule has 2 aromatic rings. The SMILES string of the molecule is CCCNC(C)c1nnn(-c2cc(Br)ccc2C)c1C. The van der Waals surface area contributed by atoms with Crippen LogP contribution in [-0.2, 0) is 0 Å². The summed E-state index contributed by atoms with van der Waals surface area (Å²) in [5, 5.41) is 12.1. The molecule has 1 atom stereocenters. The first-order valence-electron chi connectivity index (χ1n) is 6.96. The summed E-state index contributed by atoms with van der Waals surface area (Å²) >= 11 is 3.51. The van der Waals surface area contributed by atoms with Crippen LogP contribution in [0.4, 0.5) is 0 Å². The molecule has 2 rings (SSSR count). The van der Waals surface area contributed by atoms with E-state index in [1.165, 1.54) is 5.56 Å². The predicted octanol–water partition coefficient (Wildman–Crippen LogP) is 3.71. The first-order chi connectivity index (χ1) is 9.54. The van der Waals surface area contributed by atoms with Crippen molar-refractivity contribution in [1.29, 1.82) is 0 Å². The number of aryl methyl sites for hydroxylation is 1. The average Bonchev–Trinajstić information content (AvgIpc) is 2.80. The Morgan fingerprint density at radius 2 is 2.10 bits per heavy atom. The van der Waals surface area contributed by atoms with Gasteiger partial charge in [-0.15, -0.1) is 5.10 Å². The number of halogens is 1. The number of nitrogens with one attached hydrogen (secondary N) is 1. The highest BCUT2D eigenvalue weighted by Crippen LogP contribution is 2.23. The molecule has 0 saturated carbocycles. The van der Waals surface area contributed by atoms with Crippen LogP contribution in [0.1, 0.15) is 43.3 Å². The third kappa shape index (κ3) is 3.10. The summed E-state index contributed by atoms with van der Waals surface area (Å²) < 4.78 is 2.96. The normalized spacial score (nSPS) is 12.7. The second-order valence-corrected chi connectivity index (χ2v) is 5.99. The molecule has 0 aliphatic heterocycles. The van der Waals surface area contributed by atoms with Gasteiger partial charge in [0.25, 0.3) is 0 Å². The zero-order valence-electron chi connectivity index (χ0n) is 12.4. The van der Waals surface area contributed by atoms with E-state index in [1.54, 1.807) is 0 Å². The van der Waals surface area contributed by atoms with Gasteiger partial charge in [-0.3, -0.25) is 0 Å². The molecule has 1 unspecified atom stereocenters. The first-order valence-corrected chi connectivity index (χ1v) is 7.76. The molecule has 1 aromatic heterocycles. The zero-order valence-corrected chi connectivity index (χ0v) is 14.0. The van der Waals surface area contributed by atoms with E-state index in [0.29, 0.717) is 0 Å². The molecule has 0 fully saturated rings. The van der Waals surface area contributed by atoms with Gasteiger partial charge in [-0.05, 0) is 51.4 Å². The summed E-state index contributed by atoms with van der Waals surface area (Å²) in [6, 6.07) is 6.41. The summed E-state index contributed by atoms with van der Waals surface area (Å²) in [6.45, 7) is 9.43. The molecule has 1 N–H and O–H groups in total. The van der Waals surface area contributed by atoms with Crippen LogP contribution in [0.2, 0.25) is 0 Å². The Balaban J connectivity index is 2.35. The van der Waals surface area contributed by atoms with Crippen LogP contribution in [0.15, 0.2) is 22.7 Å². The lowest BCUT2D eigenvalue weighted by molar-refractivity contribution is 0.555. The minimum atomic E-state index is 0.219. The predicted molar refractivity (Wildman–Crippen MR) is 85.2 cm³/mol. The molecular weight excluding hydrogens is 316 g/mol. The van der Waals surface area contributed by atoms with E-state index in [-0.39, 0.29) is 6.04 Å². The maximum absolute atomic E-state index is 4.35. The maximum Gasteiger partial charge on any atom is 0.103 e. The summed E-state index contributed by atoms with van der Waals surface area (Å²) in [6.07, 6.45) is 1.11. The Bertz CT molecular complexity index is 592. The number of aromatic nitrogens is 3. The van der Waals surface area contributed by atoms with Gasteiger partial charge in [0.2, 0.25) is 0 Å². The van der Waals surface area contributed by atoms with Crippen molar-refractivity contribution in [3.63, 3.8) is 0 Å². The van der Waals surface area contributed by atoms with Crippen LogP contribution >= 0.6 is 15.9 Å². The molecular formula is C15H21BrN4. The third-order valence-electron chi connectivity index (χ3n) is 3.44. The lowest BCUT2D eigenvalue weighted by Gasteiger charge is -2.12. The Labute approximate surface area is 128 Å². The summed E-state index contributed by atoms with van der Waals surface area (Å²) in [7, 11) is 0. The molecule has 1 heterocycles. The highest BCUT2D eigenvalue weighted by Gasteiger charge is 2.16. The van der Waals surface area contributed by atoms with Crippen molar-refractivity contribution in [1.82, 2.24) is 20.3 Å². The summed E-state index contributed by atoms with van der Waals surface area (Å²) in [5.74, 6) is 0. The molecule has 0 amide bonds. The molecule has 0 spiro atoms. The van der Waals surface area contributed by atoms with E-state index in [9.17, 15) is 0 Å². The molecule has 1 aromatic carbocycles. The molecule has 0 radical (unpaired) electrons. The molecule has 0 aliphatic rings. The maximum atomic E-state index is 4.35. The molecule has 0 saturated heterocycles. The van der Waals surface area contributed by atoms with Gasteiger partial charge in [-0.2, -0.15) is 0 Å². The van der Waals surface area contributed by atoms with Crippen LogP contribution < -0.4 is 5.32 Å². The average molecular weight is 337 g/mol. The quantitative estimate of drug-likeness (QED) is 0.904. The van der Waals surface area contributed by atoms with Gasteiger partial charge in [0.15, 0.2) is 0 Å². The topological polar surface area (TPSA) is 42.7 Å². The van der Waals surface area contributed by atoms with Crippen molar-refractivity contribution in [3.8, 4) is 5.69 Å². The van der Waals surface area contributed by atoms with Crippen molar-refractivity contribution >= 4 is 15.9 Å². The third-order valence-corrected chi connectivity index (χ3v) is 3.93. The lowest BCUT2D eigenvalue weighted by atomic mass is 10.1. The van der Waals surface area contributed by atoms with Crippen molar-refractivity contribution in [2.45, 2.75) is 40.2 Å². The van der Waals surface area contributed by atoms with Crippen molar-refractivity contribution in [3.05, 3.63) is 39.6 Å². The zero-order chi connectivity index (χ0) is 14.7. The van der Waals surface area contributed by atoms with Gasteiger partial charge in [0.1, 0.15) is 5.69 Å². The number of hydrogen-bond donors (Lipinski definition) is 1. The molecule has 20 heavy (non-hydrogen) atoms. The van der Waals surface area contributed by atoms with E-state index in [4.69, 9.17) is 0 Å². The molecule has 4 nitrogen and oxygen atoms in total. The molecule has 0 bridgehead atoms. The Morgan fingerprint density at radius 1 is 1.35 bits per heavy atom. The lowest BCUT2D eigenvalue weighted by Crippen LogP contribution is -2.20. The number of rotatable bonds is 5. The number of benzene rings is 1. The largest absolute Gasteiger partial charge is 0.309 e. The minimum absolute atomic E-state index is 0.219. The van der Waals surface area contributed by atoms with Gasteiger partial charge in [0, 0.05) is 4.47 Å². The Morgan fingerprint density at radius 3 is 2.80 bits per heavy atom. The van der Waals surface area contributed by atoms with Crippen molar-refractivity contribution in [2.75, 3.05) is 6.54 Å². The smallest absolute Gasteiger partial charge is 0.103 e. The van der Waals surface area contributed by atoms with Crippen LogP contribution in [0.25, 0.3) is 5.69 Å². The first kappa shape index (κ1) is 15.2. The standard InChI is InChI=1S/C15H21BrN4/c1-5-8-17-11(3)15-12(4)20(19-18-15)14-9-13(16)7-6-10(14)2/h6-7,9,11,17H,5,8H2,1-4H3. The fraction of sp³-hybridized carbons (Fsp3) is 0.467. The van der Waals surface area contributed by atoms with Gasteiger partial charge in [-0.1, -0.05) is 34.1 Å². The Kier molecular flexibility index (Phi) is 4.94. The summed E-state index contributed by atoms with van der Waals surface area (Å²) in [4.78, 5) is 0. The van der Waals surface area contributed by atoms with E-state index in [1.807, 2.05) is 10.7 Å². The van der Waals surface area contributed by atoms with E-state index in [0.717, 1.165) is 34.5 Å². The highest BCUT2D eigenvalue weighted by atomic mass is 79.9. The van der Waals surface area contributed by atoms with E-state index < -0.39 is 0 Å². The Hall–Kier alpha value is -1.20. The fourth-order valence-corrected chi connectivity index (χ4v) is 2.59. The number of hydrogen-bond acceptors (Lipinski definition) is 3. The van der Waals surface area contributed by atoms with Gasteiger partial charge >= 0.3 is 0 Å².